The van der Waals surface area contributed by atoms with Crippen molar-refractivity contribution in [3.05, 3.63) is 29.6 Å². The maximum Gasteiger partial charge on any atom is 0.417 e. The van der Waals surface area contributed by atoms with Crippen molar-refractivity contribution in [2.45, 2.75) is 25.4 Å². The number of nitrogens with one attached hydrogen (secondary N) is 1. The van der Waals surface area contributed by atoms with Gasteiger partial charge in [-0.05, 0) is 12.1 Å². The van der Waals surface area contributed by atoms with Crippen molar-refractivity contribution in [3.63, 3.8) is 0 Å². The molecule has 0 aliphatic carbocycles. The molecule has 4 nitrogen and oxygen atoms in total. The van der Waals surface area contributed by atoms with Crippen LogP contribution in [0, 0.1) is 0 Å². The molecule has 0 bridgehead atoms. The molecule has 0 radical (unpaired) electrons. The minimum Gasteiger partial charge on any atom is -0.375 e. The van der Waals surface area contributed by atoms with E-state index in [1.165, 1.54) is 6.07 Å². The summed E-state index contributed by atoms with van der Waals surface area (Å²) >= 11 is 0. The van der Waals surface area contributed by atoms with Crippen molar-refractivity contribution in [1.82, 2.24) is 10.3 Å². The highest BCUT2D eigenvalue weighted by Gasteiger charge is 2.30. The highest BCUT2D eigenvalue weighted by Crippen LogP contribution is 2.28. The summed E-state index contributed by atoms with van der Waals surface area (Å²) in [5.74, 6) is -0.388. The van der Waals surface area contributed by atoms with Gasteiger partial charge in [0.2, 0.25) is 5.91 Å². The monoisotopic (exact) mass is 326 g/mol. The zero-order valence-electron chi connectivity index (χ0n) is 11.5. The largest absolute Gasteiger partial charge is 0.417 e. The van der Waals surface area contributed by atoms with Gasteiger partial charge in [-0.1, -0.05) is 0 Å². The lowest BCUT2D eigenvalue weighted by Gasteiger charge is -2.08. The van der Waals surface area contributed by atoms with Crippen LogP contribution in [0.1, 0.15) is 17.7 Å². The Balaban J connectivity index is 2.22. The number of hydrogen-bond donors (Lipinski definition) is 1. The Kier molecular flexibility index (Phi) is 7.16. The predicted molar refractivity (Wildman–Crippen MR) is 67.4 cm³/mol. The second-order valence-electron chi connectivity index (χ2n) is 4.35. The number of carbonyl (C=O) groups is 1. The first kappa shape index (κ1) is 18.3. The molecule has 1 aromatic rings. The molecule has 1 amide bonds. The van der Waals surface area contributed by atoms with E-state index in [1.54, 1.807) is 0 Å². The zero-order valence-corrected chi connectivity index (χ0v) is 11.5. The average Bonchev–Trinajstić information content (AvgIpc) is 2.43. The van der Waals surface area contributed by atoms with Crippen molar-refractivity contribution in [3.8, 4) is 0 Å². The van der Waals surface area contributed by atoms with Crippen LogP contribution in [-0.2, 0) is 22.1 Å². The predicted octanol–water partition coefficient (Wildman–Crippen LogP) is 2.43. The van der Waals surface area contributed by atoms with E-state index < -0.39 is 24.8 Å². The number of alkyl halides is 5. The number of carbonyl (C=O) groups excluding carboxylic acids is 1. The van der Waals surface area contributed by atoms with Crippen LogP contribution in [0.25, 0.3) is 0 Å². The quantitative estimate of drug-likeness (QED) is 0.590. The molecule has 1 aromatic heterocycles. The molecule has 22 heavy (non-hydrogen) atoms. The number of aromatic nitrogens is 1. The summed E-state index contributed by atoms with van der Waals surface area (Å²) in [6.07, 6.45) is -6.07. The molecule has 0 spiro atoms. The maximum atomic E-state index is 12.3. The SMILES string of the molecule is O=C(CCOCC(F)F)NCCc1ccc(C(F)(F)F)cn1. The Labute approximate surface area is 123 Å². The summed E-state index contributed by atoms with van der Waals surface area (Å²) in [7, 11) is 0. The first-order valence-electron chi connectivity index (χ1n) is 6.43. The van der Waals surface area contributed by atoms with Crippen LogP contribution in [-0.4, -0.2) is 37.1 Å². The second-order valence-corrected chi connectivity index (χ2v) is 4.35. The van der Waals surface area contributed by atoms with Crippen molar-refractivity contribution in [2.24, 2.45) is 0 Å². The molecule has 0 fully saturated rings. The lowest BCUT2D eigenvalue weighted by atomic mass is 10.2. The molecule has 0 aromatic carbocycles. The molecule has 0 saturated carbocycles. The fourth-order valence-corrected chi connectivity index (χ4v) is 1.50. The van der Waals surface area contributed by atoms with E-state index in [0.717, 1.165) is 12.3 Å². The molecule has 1 heterocycles. The summed E-state index contributed by atoms with van der Waals surface area (Å²) < 4.78 is 65.0. The Hall–Kier alpha value is -1.77. The molecule has 1 rings (SSSR count). The Morgan fingerprint density at radius 2 is 2.05 bits per heavy atom. The van der Waals surface area contributed by atoms with Crippen molar-refractivity contribution >= 4 is 5.91 Å². The van der Waals surface area contributed by atoms with Crippen LogP contribution in [0.2, 0.25) is 0 Å². The van der Waals surface area contributed by atoms with Gasteiger partial charge in [0, 0.05) is 31.3 Å². The van der Waals surface area contributed by atoms with Gasteiger partial charge in [0.05, 0.1) is 12.2 Å². The Morgan fingerprint density at radius 1 is 1.32 bits per heavy atom. The normalized spacial score (nSPS) is 11.7. The molecule has 124 valence electrons. The first-order valence-corrected chi connectivity index (χ1v) is 6.43. The summed E-state index contributed by atoms with van der Waals surface area (Å²) in [4.78, 5) is 15.0. The molecule has 1 N–H and O–H groups in total. The van der Waals surface area contributed by atoms with Crippen LogP contribution < -0.4 is 5.32 Å². The van der Waals surface area contributed by atoms with E-state index in [9.17, 15) is 26.7 Å². The molecule has 9 heteroatoms. The van der Waals surface area contributed by atoms with Crippen molar-refractivity contribution < 1.29 is 31.5 Å². The zero-order chi connectivity index (χ0) is 16.6. The fourth-order valence-electron chi connectivity index (χ4n) is 1.50. The third-order valence-corrected chi connectivity index (χ3v) is 2.57. The van der Waals surface area contributed by atoms with Gasteiger partial charge in [-0.25, -0.2) is 8.78 Å². The average molecular weight is 326 g/mol. The van der Waals surface area contributed by atoms with Crippen molar-refractivity contribution in [1.29, 1.82) is 0 Å². The topological polar surface area (TPSA) is 51.2 Å². The molecular formula is C13H15F5N2O2. The van der Waals surface area contributed by atoms with Gasteiger partial charge in [-0.2, -0.15) is 13.2 Å². The number of pyridine rings is 1. The summed E-state index contributed by atoms with van der Waals surface area (Å²) in [6.45, 7) is -0.649. The van der Waals surface area contributed by atoms with Crippen LogP contribution >= 0.6 is 0 Å². The van der Waals surface area contributed by atoms with Gasteiger partial charge >= 0.3 is 6.18 Å². The molecule has 0 atom stereocenters. The number of halogens is 5. The van der Waals surface area contributed by atoms with E-state index in [2.05, 4.69) is 15.0 Å². The second kappa shape index (κ2) is 8.62. The van der Waals surface area contributed by atoms with Crippen LogP contribution in [0.4, 0.5) is 22.0 Å². The molecule has 0 unspecified atom stereocenters. The Bertz CT molecular complexity index is 462. The number of nitrogens with zero attached hydrogens (tertiary/aromatic N) is 1. The summed E-state index contributed by atoms with van der Waals surface area (Å²) in [5, 5.41) is 2.50. The summed E-state index contributed by atoms with van der Waals surface area (Å²) in [5.41, 5.74) is -0.432. The highest BCUT2D eigenvalue weighted by atomic mass is 19.4. The smallest absolute Gasteiger partial charge is 0.375 e. The van der Waals surface area contributed by atoms with Gasteiger partial charge in [0.15, 0.2) is 0 Å². The van der Waals surface area contributed by atoms with Gasteiger partial charge < -0.3 is 10.1 Å². The van der Waals surface area contributed by atoms with Gasteiger partial charge in [0.25, 0.3) is 6.43 Å². The minimum absolute atomic E-state index is 0.0623. The number of amides is 1. The van der Waals surface area contributed by atoms with Gasteiger partial charge in [0.1, 0.15) is 6.61 Å². The first-order chi connectivity index (χ1) is 10.3. The number of ether oxygens (including phenoxy) is 1. The maximum absolute atomic E-state index is 12.3. The molecular weight excluding hydrogens is 311 g/mol. The molecule has 0 aliphatic heterocycles. The number of hydrogen-bond acceptors (Lipinski definition) is 3. The van der Waals surface area contributed by atoms with E-state index in [4.69, 9.17) is 0 Å². The van der Waals surface area contributed by atoms with Gasteiger partial charge in [-0.3, -0.25) is 9.78 Å². The van der Waals surface area contributed by atoms with E-state index in [1.807, 2.05) is 0 Å². The third kappa shape index (κ3) is 7.30. The lowest BCUT2D eigenvalue weighted by molar-refractivity contribution is -0.137. The van der Waals surface area contributed by atoms with E-state index >= 15 is 0 Å². The van der Waals surface area contributed by atoms with Crippen molar-refractivity contribution in [2.75, 3.05) is 19.8 Å². The van der Waals surface area contributed by atoms with Crippen LogP contribution in [0.5, 0.6) is 0 Å². The van der Waals surface area contributed by atoms with E-state index in [0.29, 0.717) is 5.69 Å². The third-order valence-electron chi connectivity index (χ3n) is 2.57. The van der Waals surface area contributed by atoms with E-state index in [-0.39, 0.29) is 31.9 Å². The number of rotatable bonds is 8. The fraction of sp³-hybridized carbons (Fsp3) is 0.538. The standard InChI is InChI=1S/C13H15F5N2O2/c14-11(15)8-22-6-4-12(21)19-5-3-10-2-1-9(7-20-10)13(16,17)18/h1-2,7,11H,3-6,8H2,(H,19,21). The molecule has 0 saturated heterocycles. The Morgan fingerprint density at radius 3 is 2.59 bits per heavy atom. The van der Waals surface area contributed by atoms with Crippen LogP contribution in [0.3, 0.4) is 0 Å². The highest BCUT2D eigenvalue weighted by molar-refractivity contribution is 5.75. The van der Waals surface area contributed by atoms with Gasteiger partial charge in [-0.15, -0.1) is 0 Å². The summed E-state index contributed by atoms with van der Waals surface area (Å²) in [6, 6.07) is 2.16. The molecule has 0 aliphatic rings. The van der Waals surface area contributed by atoms with Crippen LogP contribution in [0.15, 0.2) is 18.3 Å². The minimum atomic E-state index is -4.43. The lowest BCUT2D eigenvalue weighted by Crippen LogP contribution is -2.27.